The van der Waals surface area contributed by atoms with Crippen molar-refractivity contribution in [2.24, 2.45) is 0 Å². The summed E-state index contributed by atoms with van der Waals surface area (Å²) in [6.07, 6.45) is 5.05. The molecule has 0 bridgehead atoms. The highest BCUT2D eigenvalue weighted by molar-refractivity contribution is 6.39. The number of aliphatic hydroxyl groups is 1. The molecule has 0 unspecified atom stereocenters. The monoisotopic (exact) mass is 652 g/mol. The van der Waals surface area contributed by atoms with Gasteiger partial charge in [-0.1, -0.05) is 47.5 Å². The zero-order chi connectivity index (χ0) is 31.8. The van der Waals surface area contributed by atoms with Crippen LogP contribution in [0.2, 0.25) is 10.0 Å². The lowest BCUT2D eigenvalue weighted by Crippen LogP contribution is -2.35. The fourth-order valence-electron chi connectivity index (χ4n) is 5.26. The van der Waals surface area contributed by atoms with Gasteiger partial charge < -0.3 is 31.1 Å². The number of hydrogen-bond donors (Lipinski definition) is 5. The molecule has 3 heterocycles. The summed E-state index contributed by atoms with van der Waals surface area (Å²) in [6.45, 7) is 2.24. The highest BCUT2D eigenvalue weighted by Crippen LogP contribution is 2.41. The summed E-state index contributed by atoms with van der Waals surface area (Å²) in [7, 11) is 1.62. The number of pyridine rings is 2. The van der Waals surface area contributed by atoms with Crippen molar-refractivity contribution in [3.05, 3.63) is 87.9 Å². The number of ether oxygens (including phenoxy) is 1. The van der Waals surface area contributed by atoms with Crippen LogP contribution in [0, 0.1) is 5.82 Å². The second-order valence-corrected chi connectivity index (χ2v) is 11.4. The van der Waals surface area contributed by atoms with Crippen LogP contribution >= 0.6 is 23.2 Å². The second-order valence-electron chi connectivity index (χ2n) is 10.6. The van der Waals surface area contributed by atoms with E-state index >= 15 is 4.39 Å². The second kappa shape index (κ2) is 15.5. The van der Waals surface area contributed by atoms with Crippen LogP contribution in [0.1, 0.15) is 24.0 Å². The number of rotatable bonds is 14. The summed E-state index contributed by atoms with van der Waals surface area (Å²) in [5, 5.41) is 22.1. The molecule has 1 aliphatic rings. The van der Waals surface area contributed by atoms with Crippen molar-refractivity contribution in [1.82, 2.24) is 25.9 Å². The largest absolute Gasteiger partial charge is 0.496 e. The third kappa shape index (κ3) is 7.89. The molecular formula is C33H35Cl2FN6O3. The predicted octanol–water partition coefficient (Wildman–Crippen LogP) is 5.50. The Bertz CT molecular complexity index is 1660. The minimum absolute atomic E-state index is 0.0196. The van der Waals surface area contributed by atoms with Crippen LogP contribution in [-0.4, -0.2) is 60.4 Å². The van der Waals surface area contributed by atoms with Gasteiger partial charge in [-0.2, -0.15) is 0 Å². The fraction of sp³-hybridized carbons (Fsp3) is 0.303. The van der Waals surface area contributed by atoms with Gasteiger partial charge >= 0.3 is 0 Å². The van der Waals surface area contributed by atoms with Crippen molar-refractivity contribution in [2.75, 3.05) is 38.7 Å². The smallest absolute Gasteiger partial charge is 0.220 e. The van der Waals surface area contributed by atoms with E-state index in [0.29, 0.717) is 82.9 Å². The van der Waals surface area contributed by atoms with Crippen molar-refractivity contribution >= 4 is 40.6 Å². The average Bonchev–Trinajstić information content (AvgIpc) is 3.47. The summed E-state index contributed by atoms with van der Waals surface area (Å²) in [4.78, 5) is 20.2. The molecule has 2 aromatic carbocycles. The van der Waals surface area contributed by atoms with Gasteiger partial charge in [0.05, 0.1) is 35.1 Å². The molecule has 5 N–H and O–H groups in total. The van der Waals surface area contributed by atoms with Crippen molar-refractivity contribution < 1.29 is 19.0 Å². The summed E-state index contributed by atoms with van der Waals surface area (Å²) >= 11 is 13.8. The average molecular weight is 654 g/mol. The third-order valence-corrected chi connectivity index (χ3v) is 8.40. The molecule has 236 valence electrons. The number of nitrogens with one attached hydrogen (secondary N) is 4. The van der Waals surface area contributed by atoms with Crippen molar-refractivity contribution in [1.29, 1.82) is 0 Å². The number of carbonyl (C=O) groups excluding carboxylic acids is 1. The lowest BCUT2D eigenvalue weighted by atomic mass is 10.0. The maximum absolute atomic E-state index is 15.3. The number of amides is 1. The molecule has 45 heavy (non-hydrogen) atoms. The van der Waals surface area contributed by atoms with Gasteiger partial charge in [-0.05, 0) is 49.2 Å². The van der Waals surface area contributed by atoms with Gasteiger partial charge in [-0.3, -0.25) is 9.78 Å². The fourth-order valence-corrected chi connectivity index (χ4v) is 5.86. The minimum atomic E-state index is -0.466. The van der Waals surface area contributed by atoms with Crippen LogP contribution in [-0.2, 0) is 17.8 Å². The van der Waals surface area contributed by atoms with Crippen LogP contribution in [0.25, 0.3) is 22.4 Å². The molecule has 0 aliphatic carbocycles. The summed E-state index contributed by atoms with van der Waals surface area (Å²) in [6, 6.07) is 14.8. The zero-order valence-corrected chi connectivity index (χ0v) is 26.3. The Kier molecular flexibility index (Phi) is 11.2. The molecule has 5 rings (SSSR count). The van der Waals surface area contributed by atoms with Gasteiger partial charge in [0.1, 0.15) is 5.75 Å². The van der Waals surface area contributed by atoms with Gasteiger partial charge in [-0.15, -0.1) is 0 Å². The Morgan fingerprint density at radius 2 is 1.84 bits per heavy atom. The number of aliphatic hydroxyl groups excluding tert-OH is 1. The van der Waals surface area contributed by atoms with Crippen LogP contribution in [0.3, 0.4) is 0 Å². The van der Waals surface area contributed by atoms with E-state index in [9.17, 15) is 4.79 Å². The topological polar surface area (TPSA) is 120 Å². The van der Waals surface area contributed by atoms with Crippen molar-refractivity contribution in [3.63, 3.8) is 0 Å². The molecular weight excluding hydrogens is 618 g/mol. The van der Waals surface area contributed by atoms with Crippen molar-refractivity contribution in [3.8, 4) is 28.1 Å². The van der Waals surface area contributed by atoms with E-state index in [1.807, 2.05) is 30.3 Å². The Morgan fingerprint density at radius 3 is 2.62 bits per heavy atom. The zero-order valence-electron chi connectivity index (χ0n) is 24.8. The summed E-state index contributed by atoms with van der Waals surface area (Å²) in [5.41, 5.74) is 4.57. The number of halogens is 3. The Morgan fingerprint density at radius 1 is 1.02 bits per heavy atom. The van der Waals surface area contributed by atoms with Crippen molar-refractivity contribution in [2.45, 2.75) is 31.8 Å². The SMILES string of the molecule is COc1cc(-c2nccc(-c3cccc(Nc4nccc(CCNCCO)c4F)c3Cl)c2Cl)ccc1CNC[C@H]1CCC(=O)N1. The number of hydrogen-bond acceptors (Lipinski definition) is 8. The number of benzene rings is 2. The summed E-state index contributed by atoms with van der Waals surface area (Å²) < 4.78 is 21.0. The molecule has 0 saturated carbocycles. The maximum Gasteiger partial charge on any atom is 0.220 e. The molecule has 1 amide bonds. The summed E-state index contributed by atoms with van der Waals surface area (Å²) in [5.74, 6) is 0.371. The Hall–Kier alpha value is -3.80. The first-order valence-corrected chi connectivity index (χ1v) is 15.5. The number of aromatic nitrogens is 2. The molecule has 12 heteroatoms. The number of methoxy groups -OCH3 is 1. The first kappa shape index (κ1) is 32.6. The first-order valence-electron chi connectivity index (χ1n) is 14.7. The Labute approximate surface area is 271 Å². The molecule has 9 nitrogen and oxygen atoms in total. The molecule has 1 atom stereocenters. The third-order valence-electron chi connectivity index (χ3n) is 7.61. The molecule has 2 aromatic heterocycles. The molecule has 0 spiro atoms. The van der Waals surface area contributed by atoms with E-state index in [-0.39, 0.29) is 24.4 Å². The highest BCUT2D eigenvalue weighted by Gasteiger charge is 2.21. The molecule has 1 saturated heterocycles. The normalized spacial score (nSPS) is 14.4. The highest BCUT2D eigenvalue weighted by atomic mass is 35.5. The lowest BCUT2D eigenvalue weighted by molar-refractivity contribution is -0.119. The first-order chi connectivity index (χ1) is 21.9. The van der Waals surface area contributed by atoms with Crippen LogP contribution in [0.4, 0.5) is 15.9 Å². The lowest BCUT2D eigenvalue weighted by Gasteiger charge is -2.16. The number of nitrogens with zero attached hydrogens (tertiary/aromatic N) is 2. The molecule has 1 aliphatic heterocycles. The minimum Gasteiger partial charge on any atom is -0.496 e. The van der Waals surface area contributed by atoms with E-state index in [2.05, 4.69) is 31.2 Å². The maximum atomic E-state index is 15.3. The number of carbonyl (C=O) groups is 1. The van der Waals surface area contributed by atoms with Crippen LogP contribution < -0.4 is 26.0 Å². The van der Waals surface area contributed by atoms with E-state index < -0.39 is 5.82 Å². The van der Waals surface area contributed by atoms with Gasteiger partial charge in [0.25, 0.3) is 0 Å². The van der Waals surface area contributed by atoms with Crippen LogP contribution in [0.15, 0.2) is 60.9 Å². The van der Waals surface area contributed by atoms with Gasteiger partial charge in [0.15, 0.2) is 11.6 Å². The van der Waals surface area contributed by atoms with Gasteiger partial charge in [0, 0.05) is 66.7 Å². The van der Waals surface area contributed by atoms with E-state index in [0.717, 1.165) is 17.5 Å². The van der Waals surface area contributed by atoms with E-state index in [1.165, 1.54) is 0 Å². The van der Waals surface area contributed by atoms with Gasteiger partial charge in [-0.25, -0.2) is 9.37 Å². The van der Waals surface area contributed by atoms with E-state index in [1.54, 1.807) is 37.7 Å². The number of anilines is 2. The predicted molar refractivity (Wildman–Crippen MR) is 176 cm³/mol. The molecule has 4 aromatic rings. The molecule has 1 fully saturated rings. The van der Waals surface area contributed by atoms with Gasteiger partial charge in [0.2, 0.25) is 5.91 Å². The van der Waals surface area contributed by atoms with E-state index in [4.69, 9.17) is 33.0 Å². The Balaban J connectivity index is 1.35. The quantitative estimate of drug-likeness (QED) is 0.113. The van der Waals surface area contributed by atoms with Crippen LogP contribution in [0.5, 0.6) is 5.75 Å². The molecule has 0 radical (unpaired) electrons. The standard InChI is InChI=1S/C33H35Cl2FN6O3/c1-45-27-17-21(5-6-22(27)18-38-19-23-7-8-28(44)41-23)32-30(35)25(11-14-39-32)24-3-2-4-26(29(24)34)42-33-31(36)20(10-13-40-33)9-12-37-15-16-43/h2-6,10-11,13-14,17,23,37-38,43H,7-9,12,15-16,18-19H2,1H3,(H,40,42)(H,41,44)/t23-/m1/s1.